The van der Waals surface area contributed by atoms with E-state index in [0.29, 0.717) is 5.92 Å². The third-order valence-corrected chi connectivity index (χ3v) is 4.14. The zero-order valence-electron chi connectivity index (χ0n) is 7.27. The van der Waals surface area contributed by atoms with Gasteiger partial charge in [-0.3, -0.25) is 9.98 Å². The fraction of sp³-hybridized carbons (Fsp3) is 0.333. The van der Waals surface area contributed by atoms with Gasteiger partial charge in [0.05, 0.1) is 29.9 Å². The van der Waals surface area contributed by atoms with Gasteiger partial charge in [0, 0.05) is 15.6 Å². The van der Waals surface area contributed by atoms with Crippen LogP contribution in [0.15, 0.2) is 31.6 Å². The lowest BCUT2D eigenvalue weighted by Crippen LogP contribution is -2.23. The molecule has 3 heterocycles. The van der Waals surface area contributed by atoms with Crippen molar-refractivity contribution in [1.29, 1.82) is 0 Å². The van der Waals surface area contributed by atoms with Crippen molar-refractivity contribution in [3.63, 3.8) is 0 Å². The van der Waals surface area contributed by atoms with Crippen LogP contribution in [0.3, 0.4) is 0 Å². The Labute approximate surface area is 94.6 Å². The van der Waals surface area contributed by atoms with Gasteiger partial charge in [-0.2, -0.15) is 0 Å². The molecular formula is C9H8BrN3S. The summed E-state index contributed by atoms with van der Waals surface area (Å²) in [6, 6.07) is 0.257. The number of thioether (sulfide) groups is 1. The Balaban J connectivity index is 2.01. The minimum atomic E-state index is 0.257. The van der Waals surface area contributed by atoms with Crippen molar-refractivity contribution in [1.82, 2.24) is 5.32 Å². The fourth-order valence-corrected chi connectivity index (χ4v) is 3.36. The number of aliphatic imine (C=N–C) groups is 2. The Bertz CT molecular complexity index is 397. The molecule has 0 saturated carbocycles. The second-order valence-corrected chi connectivity index (χ2v) is 5.44. The standard InChI is InChI=1S/C9H8BrN3S/c10-5-1-6-8-7(3-11-4-13-8)14-9(6)12-2-5/h1,3-4,6,8H,2H2,(H,11,13). The van der Waals surface area contributed by atoms with Crippen molar-refractivity contribution in [2.24, 2.45) is 15.9 Å². The van der Waals surface area contributed by atoms with Gasteiger partial charge in [0.15, 0.2) is 0 Å². The van der Waals surface area contributed by atoms with Crippen LogP contribution in [0.4, 0.5) is 0 Å². The Morgan fingerprint density at radius 3 is 3.43 bits per heavy atom. The van der Waals surface area contributed by atoms with Gasteiger partial charge in [-0.1, -0.05) is 33.8 Å². The van der Waals surface area contributed by atoms with E-state index in [1.807, 2.05) is 6.20 Å². The van der Waals surface area contributed by atoms with Crippen LogP contribution in [0, 0.1) is 5.92 Å². The molecule has 0 radical (unpaired) electrons. The number of fused-ring (bicyclic) bond motifs is 3. The van der Waals surface area contributed by atoms with E-state index in [2.05, 4.69) is 37.3 Å². The van der Waals surface area contributed by atoms with Crippen molar-refractivity contribution >= 4 is 39.1 Å². The first-order valence-electron chi connectivity index (χ1n) is 4.41. The molecule has 0 amide bonds. The van der Waals surface area contributed by atoms with Gasteiger partial charge in [-0.25, -0.2) is 0 Å². The van der Waals surface area contributed by atoms with Crippen LogP contribution < -0.4 is 5.32 Å². The Morgan fingerprint density at radius 1 is 1.57 bits per heavy atom. The van der Waals surface area contributed by atoms with Crippen molar-refractivity contribution in [2.75, 3.05) is 6.54 Å². The van der Waals surface area contributed by atoms with Crippen molar-refractivity contribution < 1.29 is 0 Å². The Hall–Kier alpha value is -0.550. The summed E-state index contributed by atoms with van der Waals surface area (Å²) < 4.78 is 1.17. The summed E-state index contributed by atoms with van der Waals surface area (Å²) in [5, 5.41) is 4.21. The normalized spacial score (nSPS) is 33.6. The van der Waals surface area contributed by atoms with Crippen LogP contribution >= 0.6 is 27.7 Å². The maximum Gasteiger partial charge on any atom is 0.0966 e. The van der Waals surface area contributed by atoms with Crippen LogP contribution in [-0.2, 0) is 0 Å². The summed E-state index contributed by atoms with van der Waals surface area (Å²) in [5.74, 6) is 0.354. The SMILES string of the molecule is BrC1=CC2C(=NC1)SC1=CNC=NC12. The minimum absolute atomic E-state index is 0.257. The summed E-state index contributed by atoms with van der Waals surface area (Å²) in [7, 11) is 0. The fourth-order valence-electron chi connectivity index (χ4n) is 1.79. The molecule has 2 atom stereocenters. The molecule has 5 heteroatoms. The Morgan fingerprint density at radius 2 is 2.50 bits per heavy atom. The predicted octanol–water partition coefficient (Wildman–Crippen LogP) is 1.88. The van der Waals surface area contributed by atoms with Gasteiger partial charge in [-0.05, 0) is 0 Å². The van der Waals surface area contributed by atoms with Crippen LogP contribution in [-0.4, -0.2) is 24.0 Å². The van der Waals surface area contributed by atoms with Gasteiger partial charge in [-0.15, -0.1) is 0 Å². The van der Waals surface area contributed by atoms with Gasteiger partial charge in [0.2, 0.25) is 0 Å². The molecule has 0 aromatic carbocycles. The molecule has 0 aromatic heterocycles. The first kappa shape index (κ1) is 8.73. The molecule has 3 rings (SSSR count). The minimum Gasteiger partial charge on any atom is -0.352 e. The van der Waals surface area contributed by atoms with Gasteiger partial charge in [0.1, 0.15) is 0 Å². The highest BCUT2D eigenvalue weighted by molar-refractivity contribution is 9.11. The zero-order valence-corrected chi connectivity index (χ0v) is 9.68. The molecule has 0 aliphatic carbocycles. The monoisotopic (exact) mass is 269 g/mol. The average molecular weight is 270 g/mol. The summed E-state index contributed by atoms with van der Waals surface area (Å²) in [5.41, 5.74) is 0. The topological polar surface area (TPSA) is 36.8 Å². The molecule has 1 fully saturated rings. The van der Waals surface area contributed by atoms with Crippen LogP contribution in [0.5, 0.6) is 0 Å². The molecule has 72 valence electrons. The summed E-state index contributed by atoms with van der Waals surface area (Å²) >= 11 is 5.25. The first-order chi connectivity index (χ1) is 6.84. The number of nitrogens with one attached hydrogen (secondary N) is 1. The van der Waals surface area contributed by atoms with E-state index >= 15 is 0 Å². The van der Waals surface area contributed by atoms with Crippen molar-refractivity contribution in [3.05, 3.63) is 21.7 Å². The highest BCUT2D eigenvalue weighted by atomic mass is 79.9. The van der Waals surface area contributed by atoms with E-state index in [0.717, 1.165) is 6.54 Å². The lowest BCUT2D eigenvalue weighted by atomic mass is 9.99. The third kappa shape index (κ3) is 1.26. The van der Waals surface area contributed by atoms with Gasteiger partial charge < -0.3 is 5.32 Å². The maximum atomic E-state index is 4.52. The zero-order chi connectivity index (χ0) is 9.54. The molecule has 1 N–H and O–H groups in total. The highest BCUT2D eigenvalue weighted by Gasteiger charge is 2.38. The second-order valence-electron chi connectivity index (χ2n) is 3.33. The number of rotatable bonds is 0. The number of hydrogen-bond acceptors (Lipinski definition) is 4. The smallest absolute Gasteiger partial charge is 0.0966 e. The first-order valence-corrected chi connectivity index (χ1v) is 6.02. The van der Waals surface area contributed by atoms with Gasteiger partial charge in [0.25, 0.3) is 0 Å². The summed E-state index contributed by atoms with van der Waals surface area (Å²) in [6.45, 7) is 0.774. The lowest BCUT2D eigenvalue weighted by Gasteiger charge is -2.17. The largest absolute Gasteiger partial charge is 0.352 e. The van der Waals surface area contributed by atoms with Crippen molar-refractivity contribution in [2.45, 2.75) is 6.04 Å². The second kappa shape index (κ2) is 3.24. The third-order valence-electron chi connectivity index (χ3n) is 2.42. The molecule has 0 aromatic rings. The summed E-state index contributed by atoms with van der Waals surface area (Å²) in [4.78, 5) is 10.2. The lowest BCUT2D eigenvalue weighted by molar-refractivity contribution is 0.715. The average Bonchev–Trinajstić information content (AvgIpc) is 2.56. The molecule has 2 unspecified atom stereocenters. The maximum absolute atomic E-state index is 4.52. The van der Waals surface area contributed by atoms with Crippen LogP contribution in [0.1, 0.15) is 0 Å². The number of nitrogens with zero attached hydrogens (tertiary/aromatic N) is 2. The molecule has 3 aliphatic rings. The quantitative estimate of drug-likeness (QED) is 0.729. The van der Waals surface area contributed by atoms with Crippen LogP contribution in [0.25, 0.3) is 0 Å². The molecule has 3 aliphatic heterocycles. The van der Waals surface area contributed by atoms with Crippen molar-refractivity contribution in [3.8, 4) is 0 Å². The molecule has 3 nitrogen and oxygen atoms in total. The molecular weight excluding hydrogens is 262 g/mol. The van der Waals surface area contributed by atoms with Gasteiger partial charge >= 0.3 is 0 Å². The summed E-state index contributed by atoms with van der Waals surface area (Å²) in [6.07, 6.45) is 6.00. The van der Waals surface area contributed by atoms with E-state index in [-0.39, 0.29) is 6.04 Å². The Kier molecular flexibility index (Phi) is 2.02. The molecule has 0 bridgehead atoms. The molecule has 0 spiro atoms. The molecule has 14 heavy (non-hydrogen) atoms. The number of hydrogen-bond donors (Lipinski definition) is 1. The number of halogens is 1. The van der Waals surface area contributed by atoms with E-state index in [9.17, 15) is 0 Å². The van der Waals surface area contributed by atoms with Crippen LogP contribution in [0.2, 0.25) is 0 Å². The van der Waals surface area contributed by atoms with E-state index < -0.39 is 0 Å². The van der Waals surface area contributed by atoms with E-state index in [4.69, 9.17) is 0 Å². The highest BCUT2D eigenvalue weighted by Crippen LogP contribution is 2.43. The van der Waals surface area contributed by atoms with E-state index in [1.54, 1.807) is 18.1 Å². The predicted molar refractivity (Wildman–Crippen MR) is 63.9 cm³/mol. The molecule has 1 saturated heterocycles. The van der Waals surface area contributed by atoms with E-state index in [1.165, 1.54) is 14.4 Å². The number of dihydropyridines is 1.